The molecule has 0 spiro atoms. The van der Waals surface area contributed by atoms with Gasteiger partial charge in [0.1, 0.15) is 17.3 Å². The molecule has 0 radical (unpaired) electrons. The Hall–Kier alpha value is -2.96. The largest absolute Gasteiger partial charge is 0.383 e. The summed E-state index contributed by atoms with van der Waals surface area (Å²) >= 11 is 6.14. The zero-order chi connectivity index (χ0) is 19.5. The molecular weight excluding hydrogens is 374 g/mol. The van der Waals surface area contributed by atoms with Crippen molar-refractivity contribution in [1.29, 1.82) is 0 Å². The van der Waals surface area contributed by atoms with Crippen molar-refractivity contribution in [3.05, 3.63) is 82.6 Å². The highest BCUT2D eigenvalue weighted by Crippen LogP contribution is 2.24. The maximum atomic E-state index is 12.8. The lowest BCUT2D eigenvalue weighted by Crippen LogP contribution is -2.46. The van der Waals surface area contributed by atoms with E-state index in [2.05, 4.69) is 26.3 Å². The summed E-state index contributed by atoms with van der Waals surface area (Å²) in [6.07, 6.45) is 1.56. The number of hydrogen-bond donors (Lipinski definition) is 2. The van der Waals surface area contributed by atoms with Crippen LogP contribution in [0.25, 0.3) is 0 Å². The SMILES string of the molecule is Nc1ncccc1C(=O)c1cccc(N2CCNC(c3cccc(Cl)c3)C2)n1.[HH].[HH].[HH]. The van der Waals surface area contributed by atoms with Crippen molar-refractivity contribution in [3.63, 3.8) is 0 Å². The van der Waals surface area contributed by atoms with Crippen LogP contribution in [0.4, 0.5) is 11.6 Å². The number of nitrogens with one attached hydrogen (secondary N) is 1. The molecule has 1 aliphatic rings. The number of ketones is 1. The van der Waals surface area contributed by atoms with Gasteiger partial charge in [-0.2, -0.15) is 0 Å². The molecule has 6 nitrogen and oxygen atoms in total. The summed E-state index contributed by atoms with van der Waals surface area (Å²) in [5.41, 5.74) is 7.70. The standard InChI is InChI=1S/C21H20ClN5O.3H2/c22-15-5-1-4-14(12-15)18-13-27(11-10-24-18)19-8-2-7-17(26-19)20(28)16-6-3-9-25-21(16)23;;;/h1-9,12,18,24H,10-11,13H2,(H2,23,25);3*1H. The van der Waals surface area contributed by atoms with Crippen molar-refractivity contribution in [3.8, 4) is 0 Å². The van der Waals surface area contributed by atoms with E-state index < -0.39 is 0 Å². The maximum Gasteiger partial charge on any atom is 0.215 e. The summed E-state index contributed by atoms with van der Waals surface area (Å²) in [5.74, 6) is 0.749. The van der Waals surface area contributed by atoms with Gasteiger partial charge in [0.25, 0.3) is 0 Å². The third kappa shape index (κ3) is 3.83. The molecule has 3 aromatic rings. The van der Waals surface area contributed by atoms with Gasteiger partial charge in [-0.3, -0.25) is 4.79 Å². The highest BCUT2D eigenvalue weighted by atomic mass is 35.5. The molecule has 148 valence electrons. The van der Waals surface area contributed by atoms with Crippen LogP contribution in [-0.2, 0) is 0 Å². The molecule has 3 N–H and O–H groups in total. The van der Waals surface area contributed by atoms with Gasteiger partial charge in [0.2, 0.25) is 5.78 Å². The van der Waals surface area contributed by atoms with Crippen molar-refractivity contribution >= 4 is 29.0 Å². The topological polar surface area (TPSA) is 84.1 Å². The van der Waals surface area contributed by atoms with Crippen LogP contribution in [0.15, 0.2) is 60.8 Å². The van der Waals surface area contributed by atoms with E-state index in [4.69, 9.17) is 17.3 Å². The van der Waals surface area contributed by atoms with Gasteiger partial charge in [-0.1, -0.05) is 29.8 Å². The quantitative estimate of drug-likeness (QED) is 0.648. The van der Waals surface area contributed by atoms with Gasteiger partial charge in [0.05, 0.1) is 5.56 Å². The summed E-state index contributed by atoms with van der Waals surface area (Å²) in [7, 11) is 0. The van der Waals surface area contributed by atoms with E-state index in [0.717, 1.165) is 36.0 Å². The molecular formula is C21H26ClN5O. The lowest BCUT2D eigenvalue weighted by Gasteiger charge is -2.35. The number of rotatable bonds is 4. The van der Waals surface area contributed by atoms with Crippen LogP contribution in [0, 0.1) is 0 Å². The number of pyridine rings is 2. The second-order valence-corrected chi connectivity index (χ2v) is 7.09. The molecule has 4 rings (SSSR count). The van der Waals surface area contributed by atoms with Gasteiger partial charge < -0.3 is 16.0 Å². The van der Waals surface area contributed by atoms with Crippen LogP contribution >= 0.6 is 11.6 Å². The Balaban J connectivity index is 0.00000160. The van der Waals surface area contributed by atoms with Crippen LogP contribution in [0.5, 0.6) is 0 Å². The molecule has 0 amide bonds. The average Bonchev–Trinajstić information content (AvgIpc) is 2.74. The second-order valence-electron chi connectivity index (χ2n) is 6.65. The molecule has 0 bridgehead atoms. The van der Waals surface area contributed by atoms with Crippen LogP contribution in [0.1, 0.15) is 31.9 Å². The molecule has 1 atom stereocenters. The zero-order valence-corrected chi connectivity index (χ0v) is 15.9. The van der Waals surface area contributed by atoms with E-state index in [0.29, 0.717) is 11.3 Å². The van der Waals surface area contributed by atoms with E-state index in [9.17, 15) is 4.79 Å². The smallest absolute Gasteiger partial charge is 0.215 e. The number of benzene rings is 1. The van der Waals surface area contributed by atoms with Gasteiger partial charge in [0, 0.05) is 41.2 Å². The summed E-state index contributed by atoms with van der Waals surface area (Å²) in [6.45, 7) is 2.35. The minimum atomic E-state index is -0.228. The minimum Gasteiger partial charge on any atom is -0.383 e. The van der Waals surface area contributed by atoms with Gasteiger partial charge in [-0.05, 0) is 42.0 Å². The fraction of sp³-hybridized carbons (Fsp3) is 0.190. The first-order chi connectivity index (χ1) is 13.6. The van der Waals surface area contributed by atoms with E-state index in [1.807, 2.05) is 30.3 Å². The normalized spacial score (nSPS) is 16.8. The molecule has 7 heteroatoms. The molecule has 28 heavy (non-hydrogen) atoms. The number of piperazine rings is 1. The monoisotopic (exact) mass is 399 g/mol. The zero-order valence-electron chi connectivity index (χ0n) is 15.2. The lowest BCUT2D eigenvalue weighted by molar-refractivity contribution is 0.103. The Labute approximate surface area is 172 Å². The fourth-order valence-electron chi connectivity index (χ4n) is 3.38. The summed E-state index contributed by atoms with van der Waals surface area (Å²) in [5, 5.41) is 4.23. The Morgan fingerprint density at radius 3 is 2.89 bits per heavy atom. The summed E-state index contributed by atoms with van der Waals surface area (Å²) in [6, 6.07) is 16.8. The van der Waals surface area contributed by atoms with Crippen LogP contribution < -0.4 is 16.0 Å². The van der Waals surface area contributed by atoms with E-state index >= 15 is 0 Å². The first-order valence-electron chi connectivity index (χ1n) is 9.08. The number of nitrogens with zero attached hydrogens (tertiary/aromatic N) is 3. The van der Waals surface area contributed by atoms with Crippen molar-refractivity contribution in [1.82, 2.24) is 15.3 Å². The molecule has 1 unspecified atom stereocenters. The van der Waals surface area contributed by atoms with Gasteiger partial charge >= 0.3 is 0 Å². The number of nitrogens with two attached hydrogens (primary N) is 1. The minimum absolute atomic E-state index is 0. The molecule has 0 aliphatic carbocycles. The summed E-state index contributed by atoms with van der Waals surface area (Å²) in [4.78, 5) is 23.6. The van der Waals surface area contributed by atoms with Crippen LogP contribution in [0.2, 0.25) is 5.02 Å². The van der Waals surface area contributed by atoms with Crippen molar-refractivity contribution in [2.45, 2.75) is 6.04 Å². The molecule has 1 aromatic carbocycles. The van der Waals surface area contributed by atoms with Crippen LogP contribution in [0.3, 0.4) is 0 Å². The molecule has 0 saturated carbocycles. The first kappa shape index (κ1) is 18.4. The Morgan fingerprint density at radius 1 is 1.21 bits per heavy atom. The number of aromatic nitrogens is 2. The van der Waals surface area contributed by atoms with Crippen molar-refractivity contribution < 1.29 is 9.07 Å². The third-order valence-corrected chi connectivity index (χ3v) is 5.04. The Morgan fingerprint density at radius 2 is 2.07 bits per heavy atom. The Kier molecular flexibility index (Phi) is 5.23. The van der Waals surface area contributed by atoms with Gasteiger partial charge in [-0.15, -0.1) is 0 Å². The molecule has 2 aromatic heterocycles. The number of halogens is 1. The van der Waals surface area contributed by atoms with E-state index in [1.165, 1.54) is 0 Å². The highest BCUT2D eigenvalue weighted by molar-refractivity contribution is 6.30. The number of carbonyl (C=O) groups is 1. The second kappa shape index (κ2) is 7.96. The van der Waals surface area contributed by atoms with Gasteiger partial charge in [0.15, 0.2) is 0 Å². The number of anilines is 2. The predicted molar refractivity (Wildman–Crippen MR) is 117 cm³/mol. The van der Waals surface area contributed by atoms with E-state index in [1.54, 1.807) is 24.4 Å². The highest BCUT2D eigenvalue weighted by Gasteiger charge is 2.23. The predicted octanol–water partition coefficient (Wildman–Crippen LogP) is 3.83. The van der Waals surface area contributed by atoms with Crippen molar-refractivity contribution in [2.24, 2.45) is 0 Å². The molecule has 3 heterocycles. The lowest BCUT2D eigenvalue weighted by atomic mass is 10.0. The molecule has 1 fully saturated rings. The maximum absolute atomic E-state index is 12.8. The fourth-order valence-corrected chi connectivity index (χ4v) is 3.58. The molecule has 1 saturated heterocycles. The van der Waals surface area contributed by atoms with Crippen molar-refractivity contribution in [2.75, 3.05) is 30.3 Å². The Bertz CT molecular complexity index is 1020. The number of nitrogen functional groups attached to an aromatic ring is 1. The van der Waals surface area contributed by atoms with Crippen LogP contribution in [-0.4, -0.2) is 35.4 Å². The average molecular weight is 400 g/mol. The third-order valence-electron chi connectivity index (χ3n) is 4.80. The first-order valence-corrected chi connectivity index (χ1v) is 9.45. The number of carbonyl (C=O) groups excluding carboxylic acids is 1. The molecule has 1 aliphatic heterocycles. The number of hydrogen-bond acceptors (Lipinski definition) is 6. The van der Waals surface area contributed by atoms with E-state index in [-0.39, 0.29) is 21.9 Å². The van der Waals surface area contributed by atoms with Gasteiger partial charge in [-0.25, -0.2) is 9.97 Å². The summed E-state index contributed by atoms with van der Waals surface area (Å²) < 4.78 is 0.